The van der Waals surface area contributed by atoms with E-state index >= 15 is 0 Å². The van der Waals surface area contributed by atoms with Gasteiger partial charge in [-0.3, -0.25) is 14.9 Å². The summed E-state index contributed by atoms with van der Waals surface area (Å²) in [6.07, 6.45) is 1.35. The Morgan fingerprint density at radius 3 is 2.50 bits per heavy atom. The molecule has 1 heterocycles. The van der Waals surface area contributed by atoms with Crippen molar-refractivity contribution < 1.29 is 23.5 Å². The first kappa shape index (κ1) is 25.3. The normalized spacial score (nSPS) is 14.7. The van der Waals surface area contributed by atoms with Crippen molar-refractivity contribution in [2.45, 2.75) is 20.5 Å². The summed E-state index contributed by atoms with van der Waals surface area (Å²) in [4.78, 5) is 26.8. The van der Waals surface area contributed by atoms with Crippen LogP contribution in [-0.2, 0) is 16.2 Å². The monoisotopic (exact) mass is 524 g/mol. The van der Waals surface area contributed by atoms with E-state index in [2.05, 4.69) is 5.32 Å². The zero-order valence-electron chi connectivity index (χ0n) is 19.5. The molecule has 3 aromatic carbocycles. The molecule has 4 rings (SSSR count). The van der Waals surface area contributed by atoms with Crippen LogP contribution >= 0.6 is 23.8 Å². The van der Waals surface area contributed by atoms with E-state index in [4.69, 9.17) is 33.3 Å². The van der Waals surface area contributed by atoms with E-state index in [0.29, 0.717) is 23.7 Å². The van der Waals surface area contributed by atoms with Crippen molar-refractivity contribution in [3.63, 3.8) is 0 Å². The molecule has 6 nitrogen and oxygen atoms in total. The lowest BCUT2D eigenvalue weighted by atomic mass is 10.1. The van der Waals surface area contributed by atoms with Crippen molar-refractivity contribution >= 4 is 52.5 Å². The number of nitrogens with zero attached hydrogens (tertiary/aromatic N) is 1. The Morgan fingerprint density at radius 1 is 1.08 bits per heavy atom. The second-order valence-electron chi connectivity index (χ2n) is 7.95. The van der Waals surface area contributed by atoms with Gasteiger partial charge >= 0.3 is 0 Å². The third-order valence-corrected chi connectivity index (χ3v) is 5.91. The first-order chi connectivity index (χ1) is 17.3. The average Bonchev–Trinajstić information content (AvgIpc) is 2.83. The van der Waals surface area contributed by atoms with Crippen LogP contribution in [0.5, 0.6) is 11.5 Å². The average molecular weight is 525 g/mol. The summed E-state index contributed by atoms with van der Waals surface area (Å²) in [6.45, 7) is 4.43. The minimum absolute atomic E-state index is 0.0636. The Kier molecular flexibility index (Phi) is 7.67. The van der Waals surface area contributed by atoms with E-state index in [9.17, 15) is 14.0 Å². The molecular formula is C27H22ClFN2O4S. The zero-order valence-corrected chi connectivity index (χ0v) is 21.1. The van der Waals surface area contributed by atoms with Crippen LogP contribution in [0.15, 0.2) is 66.2 Å². The smallest absolute Gasteiger partial charge is 0.270 e. The SMILES string of the molecule is CCOc1cc(/C=C2\C(=O)NC(=S)N(c3ccccc3F)C2=O)cc(Cl)c1OCc1ccc(C)cc1. The standard InChI is InChI=1S/C27H22ClFN2O4S/c1-3-34-23-14-18(13-20(28)24(23)35-15-17-10-8-16(2)9-11-17)12-19-25(32)30-27(36)31(26(19)33)22-7-5-4-6-21(22)29/h4-14H,3,15H2,1-2H3,(H,30,32,36)/b19-12+. The number of benzene rings is 3. The summed E-state index contributed by atoms with van der Waals surface area (Å²) in [5.74, 6) is -1.42. The summed E-state index contributed by atoms with van der Waals surface area (Å²) in [7, 11) is 0. The van der Waals surface area contributed by atoms with Gasteiger partial charge in [-0.25, -0.2) is 9.29 Å². The highest BCUT2D eigenvalue weighted by Crippen LogP contribution is 2.38. The highest BCUT2D eigenvalue weighted by atomic mass is 35.5. The van der Waals surface area contributed by atoms with Gasteiger partial charge < -0.3 is 9.47 Å². The molecule has 0 atom stereocenters. The van der Waals surface area contributed by atoms with Crippen LogP contribution in [0.1, 0.15) is 23.6 Å². The fourth-order valence-electron chi connectivity index (χ4n) is 3.59. The second-order valence-corrected chi connectivity index (χ2v) is 8.74. The van der Waals surface area contributed by atoms with Crippen molar-refractivity contribution in [3.8, 4) is 11.5 Å². The quantitative estimate of drug-likeness (QED) is 0.248. The van der Waals surface area contributed by atoms with Gasteiger partial charge in [0.1, 0.15) is 18.0 Å². The van der Waals surface area contributed by atoms with Crippen molar-refractivity contribution in [1.82, 2.24) is 5.32 Å². The van der Waals surface area contributed by atoms with Gasteiger partial charge in [0.25, 0.3) is 11.8 Å². The van der Waals surface area contributed by atoms with Crippen molar-refractivity contribution in [3.05, 3.63) is 93.8 Å². The van der Waals surface area contributed by atoms with E-state index in [0.717, 1.165) is 16.0 Å². The lowest BCUT2D eigenvalue weighted by Crippen LogP contribution is -2.54. The van der Waals surface area contributed by atoms with Crippen LogP contribution in [0.3, 0.4) is 0 Å². The molecule has 1 N–H and O–H groups in total. The van der Waals surface area contributed by atoms with Gasteiger partial charge in [0.15, 0.2) is 16.6 Å². The lowest BCUT2D eigenvalue weighted by molar-refractivity contribution is -0.122. The third-order valence-electron chi connectivity index (χ3n) is 5.34. The van der Waals surface area contributed by atoms with Crippen LogP contribution in [-0.4, -0.2) is 23.5 Å². The number of ether oxygens (including phenoxy) is 2. The fraction of sp³-hybridized carbons (Fsp3) is 0.148. The number of aryl methyl sites for hydroxylation is 1. The molecule has 1 aliphatic heterocycles. The molecule has 0 saturated carbocycles. The van der Waals surface area contributed by atoms with Gasteiger partial charge in [0.2, 0.25) is 0 Å². The predicted octanol–water partition coefficient (Wildman–Crippen LogP) is 5.60. The van der Waals surface area contributed by atoms with Crippen LogP contribution < -0.4 is 19.7 Å². The molecule has 2 amide bonds. The number of carbonyl (C=O) groups is 2. The molecule has 1 fully saturated rings. The van der Waals surface area contributed by atoms with Gasteiger partial charge in [-0.05, 0) is 67.5 Å². The molecule has 0 radical (unpaired) electrons. The van der Waals surface area contributed by atoms with E-state index in [1.54, 1.807) is 18.2 Å². The molecule has 1 saturated heterocycles. The number of amides is 2. The fourth-order valence-corrected chi connectivity index (χ4v) is 4.14. The van der Waals surface area contributed by atoms with Crippen LogP contribution in [0.25, 0.3) is 6.08 Å². The molecule has 9 heteroatoms. The topological polar surface area (TPSA) is 67.9 Å². The van der Waals surface area contributed by atoms with Gasteiger partial charge in [-0.2, -0.15) is 0 Å². The number of rotatable bonds is 7. The van der Waals surface area contributed by atoms with Crippen molar-refractivity contribution in [2.24, 2.45) is 0 Å². The molecule has 36 heavy (non-hydrogen) atoms. The molecule has 0 unspecified atom stereocenters. The summed E-state index contributed by atoms with van der Waals surface area (Å²) in [5, 5.41) is 2.47. The molecule has 1 aliphatic rings. The molecule has 184 valence electrons. The molecule has 0 spiro atoms. The third kappa shape index (κ3) is 5.40. The van der Waals surface area contributed by atoms with E-state index in [-0.39, 0.29) is 28.0 Å². The lowest BCUT2D eigenvalue weighted by Gasteiger charge is -2.29. The molecule has 3 aromatic rings. The van der Waals surface area contributed by atoms with E-state index < -0.39 is 17.6 Å². The zero-order chi connectivity index (χ0) is 25.8. The maximum atomic E-state index is 14.4. The number of hydrogen-bond donors (Lipinski definition) is 1. The number of anilines is 1. The Labute approximate surface area is 218 Å². The Morgan fingerprint density at radius 2 is 1.81 bits per heavy atom. The highest BCUT2D eigenvalue weighted by Gasteiger charge is 2.35. The summed E-state index contributed by atoms with van der Waals surface area (Å²) < 4.78 is 26.1. The molecule has 0 bridgehead atoms. The molecule has 0 aliphatic carbocycles. The van der Waals surface area contributed by atoms with Crippen molar-refractivity contribution in [2.75, 3.05) is 11.5 Å². The first-order valence-corrected chi connectivity index (χ1v) is 11.9. The Balaban J connectivity index is 1.66. The predicted molar refractivity (Wildman–Crippen MR) is 141 cm³/mol. The first-order valence-electron chi connectivity index (χ1n) is 11.1. The largest absolute Gasteiger partial charge is 0.490 e. The van der Waals surface area contributed by atoms with Crippen LogP contribution in [0.2, 0.25) is 5.02 Å². The van der Waals surface area contributed by atoms with Gasteiger partial charge in [-0.15, -0.1) is 0 Å². The highest BCUT2D eigenvalue weighted by molar-refractivity contribution is 7.80. The number of thiocarbonyl (C=S) groups is 1. The maximum absolute atomic E-state index is 14.4. The summed E-state index contributed by atoms with van der Waals surface area (Å²) >= 11 is 11.7. The minimum Gasteiger partial charge on any atom is -0.490 e. The number of hydrogen-bond acceptors (Lipinski definition) is 5. The molecular weight excluding hydrogens is 503 g/mol. The van der Waals surface area contributed by atoms with Crippen LogP contribution in [0.4, 0.5) is 10.1 Å². The minimum atomic E-state index is -0.761. The number of halogens is 2. The van der Waals surface area contributed by atoms with Crippen molar-refractivity contribution in [1.29, 1.82) is 0 Å². The van der Waals surface area contributed by atoms with Gasteiger partial charge in [-0.1, -0.05) is 53.6 Å². The van der Waals surface area contributed by atoms with E-state index in [1.807, 2.05) is 38.1 Å². The molecule has 0 aromatic heterocycles. The summed E-state index contributed by atoms with van der Waals surface area (Å²) in [5.41, 5.74) is 2.22. The second kappa shape index (κ2) is 10.9. The van der Waals surface area contributed by atoms with Crippen LogP contribution in [0, 0.1) is 12.7 Å². The van der Waals surface area contributed by atoms with Gasteiger partial charge in [0, 0.05) is 0 Å². The Bertz CT molecular complexity index is 1370. The van der Waals surface area contributed by atoms with E-state index in [1.165, 1.54) is 24.3 Å². The maximum Gasteiger partial charge on any atom is 0.270 e. The number of nitrogens with one attached hydrogen (secondary N) is 1. The van der Waals surface area contributed by atoms with Gasteiger partial charge in [0.05, 0.1) is 17.3 Å². The summed E-state index contributed by atoms with van der Waals surface area (Å²) in [6, 6.07) is 16.7. The Hall–Kier alpha value is -3.75. The number of carbonyl (C=O) groups excluding carboxylic acids is 2. The number of para-hydroxylation sites is 1.